The monoisotopic (exact) mass is 477 g/mol. The van der Waals surface area contributed by atoms with Gasteiger partial charge in [-0.25, -0.2) is 12.8 Å². The number of nitrogens with zero attached hydrogens (tertiary/aromatic N) is 3. The van der Waals surface area contributed by atoms with Crippen molar-refractivity contribution in [3.63, 3.8) is 0 Å². The fourth-order valence-corrected chi connectivity index (χ4v) is 6.49. The Morgan fingerprint density at radius 2 is 1.78 bits per heavy atom. The molecule has 0 atom stereocenters. The van der Waals surface area contributed by atoms with E-state index >= 15 is 0 Å². The SMILES string of the molecule is CC(C)n1c(=O)sc2cc(S(=O)(=O)N3CCN(C(=O)Cc4ccccc4F)CC3)ccc21. The van der Waals surface area contributed by atoms with E-state index in [1.807, 2.05) is 13.8 Å². The molecule has 0 bridgehead atoms. The van der Waals surface area contributed by atoms with Crippen molar-refractivity contribution in [1.82, 2.24) is 13.8 Å². The molecule has 0 unspecified atom stereocenters. The van der Waals surface area contributed by atoms with Crippen LogP contribution in [-0.2, 0) is 21.2 Å². The van der Waals surface area contributed by atoms with Crippen LogP contribution in [0, 0.1) is 5.82 Å². The third-order valence-electron chi connectivity index (χ3n) is 5.63. The number of piperazine rings is 1. The highest BCUT2D eigenvalue weighted by Gasteiger charge is 2.30. The molecule has 170 valence electrons. The lowest BCUT2D eigenvalue weighted by atomic mass is 10.1. The molecule has 7 nitrogen and oxygen atoms in total. The van der Waals surface area contributed by atoms with Gasteiger partial charge < -0.3 is 4.90 Å². The van der Waals surface area contributed by atoms with Crippen molar-refractivity contribution < 1.29 is 17.6 Å². The normalized spacial score (nSPS) is 15.6. The van der Waals surface area contributed by atoms with Gasteiger partial charge in [0.25, 0.3) is 0 Å². The number of hydrogen-bond donors (Lipinski definition) is 0. The highest BCUT2D eigenvalue weighted by molar-refractivity contribution is 7.89. The van der Waals surface area contributed by atoms with Gasteiger partial charge in [0.1, 0.15) is 5.82 Å². The smallest absolute Gasteiger partial charge is 0.308 e. The minimum Gasteiger partial charge on any atom is -0.340 e. The zero-order valence-corrected chi connectivity index (χ0v) is 19.5. The summed E-state index contributed by atoms with van der Waals surface area (Å²) in [5.41, 5.74) is 1.05. The van der Waals surface area contributed by atoms with E-state index < -0.39 is 15.8 Å². The fraction of sp³-hybridized carbons (Fsp3) is 0.364. The Labute approximate surface area is 189 Å². The molecule has 10 heteroatoms. The lowest BCUT2D eigenvalue weighted by Gasteiger charge is -2.34. The quantitative estimate of drug-likeness (QED) is 0.566. The van der Waals surface area contributed by atoms with Crippen LogP contribution in [-0.4, -0.2) is 54.3 Å². The van der Waals surface area contributed by atoms with Crippen LogP contribution in [0.5, 0.6) is 0 Å². The Morgan fingerprint density at radius 1 is 1.09 bits per heavy atom. The maximum atomic E-state index is 13.8. The van der Waals surface area contributed by atoms with Gasteiger partial charge >= 0.3 is 4.87 Å². The molecule has 1 saturated heterocycles. The number of halogens is 1. The first kappa shape index (κ1) is 22.6. The highest BCUT2D eigenvalue weighted by Crippen LogP contribution is 2.26. The van der Waals surface area contributed by atoms with Crippen molar-refractivity contribution >= 4 is 37.5 Å². The molecule has 2 aromatic carbocycles. The summed E-state index contributed by atoms with van der Waals surface area (Å²) in [6.07, 6.45) is -0.0537. The summed E-state index contributed by atoms with van der Waals surface area (Å²) in [6, 6.07) is 10.9. The zero-order chi connectivity index (χ0) is 23.0. The molecule has 0 aliphatic carbocycles. The van der Waals surface area contributed by atoms with E-state index in [1.54, 1.807) is 39.8 Å². The molecule has 1 aromatic heterocycles. The number of sulfonamides is 1. The second kappa shape index (κ2) is 8.76. The third kappa shape index (κ3) is 4.22. The number of carbonyl (C=O) groups excluding carboxylic acids is 1. The highest BCUT2D eigenvalue weighted by atomic mass is 32.2. The predicted octanol–water partition coefficient (Wildman–Crippen LogP) is 2.86. The molecule has 32 heavy (non-hydrogen) atoms. The summed E-state index contributed by atoms with van der Waals surface area (Å²) < 4.78 is 43.8. The maximum Gasteiger partial charge on any atom is 0.308 e. The van der Waals surface area contributed by atoms with E-state index in [2.05, 4.69) is 0 Å². The summed E-state index contributed by atoms with van der Waals surface area (Å²) in [5, 5.41) is 0. The van der Waals surface area contributed by atoms with Crippen LogP contribution in [0.3, 0.4) is 0 Å². The Morgan fingerprint density at radius 3 is 2.44 bits per heavy atom. The van der Waals surface area contributed by atoms with Gasteiger partial charge in [0.15, 0.2) is 0 Å². The lowest BCUT2D eigenvalue weighted by Crippen LogP contribution is -2.50. The van der Waals surface area contributed by atoms with E-state index in [0.717, 1.165) is 16.9 Å². The van der Waals surface area contributed by atoms with Gasteiger partial charge in [0, 0.05) is 32.2 Å². The summed E-state index contributed by atoms with van der Waals surface area (Å²) in [4.78, 5) is 26.4. The summed E-state index contributed by atoms with van der Waals surface area (Å²) in [5.74, 6) is -0.653. The van der Waals surface area contributed by atoms with Crippen LogP contribution >= 0.6 is 11.3 Å². The Hall–Kier alpha value is -2.56. The molecule has 0 N–H and O–H groups in total. The average molecular weight is 478 g/mol. The first-order chi connectivity index (χ1) is 15.2. The van der Waals surface area contributed by atoms with E-state index in [4.69, 9.17) is 0 Å². The first-order valence-corrected chi connectivity index (χ1v) is 12.6. The molecular formula is C22H24FN3O4S2. The molecule has 1 aliphatic heterocycles. The largest absolute Gasteiger partial charge is 0.340 e. The minimum atomic E-state index is -3.76. The van der Waals surface area contributed by atoms with Crippen LogP contribution in [0.1, 0.15) is 25.5 Å². The predicted molar refractivity (Wildman–Crippen MR) is 122 cm³/mol. The van der Waals surface area contributed by atoms with Gasteiger partial charge in [0.2, 0.25) is 15.9 Å². The van der Waals surface area contributed by atoms with Gasteiger partial charge in [-0.15, -0.1) is 0 Å². The number of carbonyl (C=O) groups is 1. The molecule has 0 saturated carbocycles. The number of thiazole rings is 1. The van der Waals surface area contributed by atoms with Gasteiger partial charge in [0.05, 0.1) is 21.5 Å². The van der Waals surface area contributed by atoms with Gasteiger partial charge in [-0.05, 0) is 43.7 Å². The maximum absolute atomic E-state index is 13.8. The summed E-state index contributed by atoms with van der Waals surface area (Å²) >= 11 is 1.03. The summed E-state index contributed by atoms with van der Waals surface area (Å²) in [6.45, 7) is 4.62. The number of amides is 1. The number of benzene rings is 2. The number of aromatic nitrogens is 1. The third-order valence-corrected chi connectivity index (χ3v) is 8.44. The van der Waals surface area contributed by atoms with Gasteiger partial charge in [-0.2, -0.15) is 4.31 Å². The molecule has 1 amide bonds. The van der Waals surface area contributed by atoms with Crippen LogP contribution in [0.15, 0.2) is 52.2 Å². The molecular weight excluding hydrogens is 453 g/mol. The summed E-state index contributed by atoms with van der Waals surface area (Å²) in [7, 11) is -3.76. The van der Waals surface area contributed by atoms with E-state index in [0.29, 0.717) is 10.3 Å². The van der Waals surface area contributed by atoms with Crippen molar-refractivity contribution in [3.8, 4) is 0 Å². The van der Waals surface area contributed by atoms with E-state index in [1.165, 1.54) is 16.4 Å². The second-order valence-corrected chi connectivity index (χ2v) is 10.9. The fourth-order valence-electron chi connectivity index (χ4n) is 3.91. The topological polar surface area (TPSA) is 79.7 Å². The van der Waals surface area contributed by atoms with Crippen molar-refractivity contribution in [2.75, 3.05) is 26.2 Å². The van der Waals surface area contributed by atoms with Crippen molar-refractivity contribution in [2.45, 2.75) is 31.2 Å². The molecule has 1 aliphatic rings. The molecule has 3 aromatic rings. The molecule has 1 fully saturated rings. The average Bonchev–Trinajstić information content (AvgIpc) is 3.10. The van der Waals surface area contributed by atoms with Crippen molar-refractivity contribution in [3.05, 3.63) is 63.5 Å². The number of fused-ring (bicyclic) bond motifs is 1. The lowest BCUT2D eigenvalue weighted by molar-refractivity contribution is -0.131. The Kier molecular flexibility index (Phi) is 6.19. The van der Waals surface area contributed by atoms with Crippen molar-refractivity contribution in [2.24, 2.45) is 0 Å². The van der Waals surface area contributed by atoms with Crippen molar-refractivity contribution in [1.29, 1.82) is 0 Å². The standard InChI is InChI=1S/C22H24FN3O4S2/c1-15(2)26-19-8-7-17(14-20(19)31-22(26)28)32(29,30)25-11-9-24(10-12-25)21(27)13-16-5-3-4-6-18(16)23/h3-8,14-15H,9-13H2,1-2H3. The molecule has 0 radical (unpaired) electrons. The van der Waals surface area contributed by atoms with Crippen LogP contribution in [0.2, 0.25) is 0 Å². The number of hydrogen-bond acceptors (Lipinski definition) is 5. The van der Waals surface area contributed by atoms with Crippen LogP contribution < -0.4 is 4.87 Å². The first-order valence-electron chi connectivity index (χ1n) is 10.3. The van der Waals surface area contributed by atoms with Gasteiger partial charge in [-0.1, -0.05) is 29.5 Å². The Balaban J connectivity index is 1.47. The molecule has 0 spiro atoms. The zero-order valence-electron chi connectivity index (χ0n) is 17.8. The second-order valence-electron chi connectivity index (χ2n) is 8.01. The van der Waals surface area contributed by atoms with Gasteiger partial charge in [-0.3, -0.25) is 14.2 Å². The molecule has 2 heterocycles. The van der Waals surface area contributed by atoms with E-state index in [-0.39, 0.29) is 54.3 Å². The number of rotatable bonds is 5. The van der Waals surface area contributed by atoms with E-state index in [9.17, 15) is 22.4 Å². The molecule has 4 rings (SSSR count). The minimum absolute atomic E-state index is 0.0197. The Bertz CT molecular complexity index is 1320. The van der Waals surface area contributed by atoms with Crippen LogP contribution in [0.25, 0.3) is 10.2 Å². The van der Waals surface area contributed by atoms with Crippen LogP contribution in [0.4, 0.5) is 4.39 Å².